The van der Waals surface area contributed by atoms with E-state index in [4.69, 9.17) is 0 Å². The minimum atomic E-state index is -0.721. The van der Waals surface area contributed by atoms with Gasteiger partial charge in [0.2, 0.25) is 0 Å². The Bertz CT molecular complexity index is 554. The van der Waals surface area contributed by atoms with Crippen molar-refractivity contribution in [2.75, 3.05) is 7.05 Å². The fourth-order valence-corrected chi connectivity index (χ4v) is 2.78. The maximum Gasteiger partial charge on any atom is 0.270 e. The number of rotatable bonds is 3. The van der Waals surface area contributed by atoms with Crippen molar-refractivity contribution in [2.24, 2.45) is 5.92 Å². The third kappa shape index (κ3) is 3.37. The van der Waals surface area contributed by atoms with Gasteiger partial charge < -0.3 is 4.90 Å². The number of carbonyl (C=O) groups excluding carboxylic acids is 1. The molecule has 1 saturated carbocycles. The number of hydrogen-bond donors (Lipinski definition) is 0. The average Bonchev–Trinajstić information content (AvgIpc) is 2.47. The number of benzene rings is 1. The highest BCUT2D eigenvalue weighted by atomic mass is 19.1. The van der Waals surface area contributed by atoms with Gasteiger partial charge in [0.25, 0.3) is 11.6 Å². The Morgan fingerprint density at radius 2 is 1.95 bits per heavy atom. The molecule has 1 aromatic carbocycles. The molecule has 1 aliphatic carbocycles. The van der Waals surface area contributed by atoms with Gasteiger partial charge in [0.15, 0.2) is 0 Å². The van der Waals surface area contributed by atoms with Crippen molar-refractivity contribution in [1.82, 2.24) is 4.90 Å². The van der Waals surface area contributed by atoms with Crippen LogP contribution in [0, 0.1) is 21.8 Å². The Labute approximate surface area is 122 Å². The Morgan fingerprint density at radius 1 is 1.33 bits per heavy atom. The summed E-state index contributed by atoms with van der Waals surface area (Å²) in [5.41, 5.74) is -0.504. The van der Waals surface area contributed by atoms with Gasteiger partial charge in [0, 0.05) is 25.2 Å². The first-order valence-corrected chi connectivity index (χ1v) is 7.11. The highest BCUT2D eigenvalue weighted by Gasteiger charge is 2.27. The molecular formula is C15H19FN2O3. The molecule has 114 valence electrons. The largest absolute Gasteiger partial charge is 0.339 e. The molecule has 5 nitrogen and oxygen atoms in total. The van der Waals surface area contributed by atoms with E-state index in [0.29, 0.717) is 5.92 Å². The molecule has 0 N–H and O–H groups in total. The topological polar surface area (TPSA) is 63.5 Å². The number of nitro groups is 1. The van der Waals surface area contributed by atoms with Crippen molar-refractivity contribution in [2.45, 2.75) is 38.6 Å². The standard InChI is InChI=1S/C15H19FN2O3/c1-10-3-5-11(6-4-10)17(2)15(19)13-9-12(18(20)21)7-8-14(13)16/h7-11H,3-6H2,1-2H3. The Hall–Kier alpha value is -1.98. The van der Waals surface area contributed by atoms with Crippen molar-refractivity contribution in [1.29, 1.82) is 0 Å². The summed E-state index contributed by atoms with van der Waals surface area (Å²) >= 11 is 0. The molecule has 0 bridgehead atoms. The number of hydrogen-bond acceptors (Lipinski definition) is 3. The number of halogens is 1. The van der Waals surface area contributed by atoms with E-state index in [9.17, 15) is 19.3 Å². The van der Waals surface area contributed by atoms with Crippen LogP contribution in [-0.4, -0.2) is 28.8 Å². The first kappa shape index (κ1) is 15.4. The molecule has 1 aliphatic rings. The Kier molecular flexibility index (Phi) is 4.55. The van der Waals surface area contributed by atoms with Crippen LogP contribution in [0.2, 0.25) is 0 Å². The van der Waals surface area contributed by atoms with Gasteiger partial charge in [0.05, 0.1) is 10.5 Å². The lowest BCUT2D eigenvalue weighted by molar-refractivity contribution is -0.384. The fraction of sp³-hybridized carbons (Fsp3) is 0.533. The van der Waals surface area contributed by atoms with E-state index in [-0.39, 0.29) is 17.3 Å². The van der Waals surface area contributed by atoms with Crippen LogP contribution < -0.4 is 0 Å². The summed E-state index contributed by atoms with van der Waals surface area (Å²) in [6.07, 6.45) is 3.86. The molecule has 0 heterocycles. The summed E-state index contributed by atoms with van der Waals surface area (Å²) in [7, 11) is 1.64. The van der Waals surface area contributed by atoms with Gasteiger partial charge in [-0.15, -0.1) is 0 Å². The van der Waals surface area contributed by atoms with Gasteiger partial charge in [0.1, 0.15) is 5.82 Å². The van der Waals surface area contributed by atoms with Crippen LogP contribution in [0.1, 0.15) is 43.0 Å². The highest BCUT2D eigenvalue weighted by Crippen LogP contribution is 2.28. The second kappa shape index (κ2) is 6.20. The lowest BCUT2D eigenvalue weighted by Crippen LogP contribution is -2.39. The zero-order chi connectivity index (χ0) is 15.6. The van der Waals surface area contributed by atoms with Crippen LogP contribution >= 0.6 is 0 Å². The normalized spacial score (nSPS) is 21.9. The molecule has 0 aromatic heterocycles. The van der Waals surface area contributed by atoms with Gasteiger partial charge in [-0.05, 0) is 37.7 Å². The fourth-order valence-electron chi connectivity index (χ4n) is 2.78. The van der Waals surface area contributed by atoms with E-state index in [0.717, 1.165) is 43.9 Å². The predicted octanol–water partition coefficient (Wildman–Crippen LogP) is 3.38. The van der Waals surface area contributed by atoms with Crippen molar-refractivity contribution in [3.63, 3.8) is 0 Å². The quantitative estimate of drug-likeness (QED) is 0.634. The van der Waals surface area contributed by atoms with Crippen LogP contribution in [0.3, 0.4) is 0 Å². The van der Waals surface area contributed by atoms with Gasteiger partial charge >= 0.3 is 0 Å². The lowest BCUT2D eigenvalue weighted by Gasteiger charge is -2.33. The van der Waals surface area contributed by atoms with Gasteiger partial charge in [-0.3, -0.25) is 14.9 Å². The molecule has 1 fully saturated rings. The second-order valence-electron chi connectivity index (χ2n) is 5.75. The van der Waals surface area contributed by atoms with Gasteiger partial charge in [-0.2, -0.15) is 0 Å². The molecule has 1 aromatic rings. The van der Waals surface area contributed by atoms with Gasteiger partial charge in [-0.25, -0.2) is 4.39 Å². The number of nitrogens with zero attached hydrogens (tertiary/aromatic N) is 2. The molecular weight excluding hydrogens is 275 g/mol. The Morgan fingerprint density at radius 3 is 2.52 bits per heavy atom. The first-order valence-electron chi connectivity index (χ1n) is 7.11. The molecule has 0 aliphatic heterocycles. The number of carbonyl (C=O) groups is 1. The molecule has 6 heteroatoms. The van der Waals surface area contributed by atoms with Crippen LogP contribution in [0.15, 0.2) is 18.2 Å². The predicted molar refractivity (Wildman–Crippen MR) is 76.6 cm³/mol. The minimum absolute atomic E-state index is 0.0763. The molecule has 1 amide bonds. The Balaban J connectivity index is 2.19. The van der Waals surface area contributed by atoms with E-state index in [2.05, 4.69) is 6.92 Å². The van der Waals surface area contributed by atoms with Crippen LogP contribution in [-0.2, 0) is 0 Å². The van der Waals surface area contributed by atoms with E-state index < -0.39 is 16.6 Å². The third-order valence-corrected chi connectivity index (χ3v) is 4.24. The maximum atomic E-state index is 13.8. The number of nitro benzene ring substituents is 1. The van der Waals surface area contributed by atoms with E-state index >= 15 is 0 Å². The summed E-state index contributed by atoms with van der Waals surface area (Å²) in [6.45, 7) is 2.18. The maximum absolute atomic E-state index is 13.8. The van der Waals surface area contributed by atoms with Crippen LogP contribution in [0.4, 0.5) is 10.1 Å². The minimum Gasteiger partial charge on any atom is -0.339 e. The number of amides is 1. The molecule has 0 spiro atoms. The SMILES string of the molecule is CC1CCC(N(C)C(=O)c2cc([N+](=O)[O-])ccc2F)CC1. The third-order valence-electron chi connectivity index (χ3n) is 4.24. The number of non-ortho nitro benzene ring substituents is 1. The van der Waals surface area contributed by atoms with E-state index in [1.165, 1.54) is 4.90 Å². The monoisotopic (exact) mass is 294 g/mol. The van der Waals surface area contributed by atoms with Gasteiger partial charge in [-0.1, -0.05) is 6.92 Å². The van der Waals surface area contributed by atoms with E-state index in [1.54, 1.807) is 7.05 Å². The summed E-state index contributed by atoms with van der Waals surface area (Å²) < 4.78 is 13.8. The van der Waals surface area contributed by atoms with Crippen LogP contribution in [0.5, 0.6) is 0 Å². The molecule has 0 atom stereocenters. The van der Waals surface area contributed by atoms with Crippen molar-refractivity contribution in [3.05, 3.63) is 39.7 Å². The zero-order valence-electron chi connectivity index (χ0n) is 12.2. The van der Waals surface area contributed by atoms with Crippen LogP contribution in [0.25, 0.3) is 0 Å². The molecule has 0 unspecified atom stereocenters. The molecule has 0 radical (unpaired) electrons. The van der Waals surface area contributed by atoms with Crippen molar-refractivity contribution in [3.8, 4) is 0 Å². The average molecular weight is 294 g/mol. The second-order valence-corrected chi connectivity index (χ2v) is 5.75. The zero-order valence-corrected chi connectivity index (χ0v) is 12.2. The first-order chi connectivity index (χ1) is 9.90. The van der Waals surface area contributed by atoms with Crippen molar-refractivity contribution >= 4 is 11.6 Å². The van der Waals surface area contributed by atoms with Crippen molar-refractivity contribution < 1.29 is 14.1 Å². The highest BCUT2D eigenvalue weighted by molar-refractivity contribution is 5.95. The summed E-state index contributed by atoms with van der Waals surface area (Å²) in [6, 6.07) is 3.13. The summed E-state index contributed by atoms with van der Waals surface area (Å²) in [4.78, 5) is 24.0. The lowest BCUT2D eigenvalue weighted by atomic mass is 9.86. The molecule has 2 rings (SSSR count). The summed E-state index contributed by atoms with van der Waals surface area (Å²) in [5, 5.41) is 10.8. The molecule has 0 saturated heterocycles. The molecule has 21 heavy (non-hydrogen) atoms. The van der Waals surface area contributed by atoms with E-state index in [1.807, 2.05) is 0 Å². The smallest absolute Gasteiger partial charge is 0.270 e. The summed E-state index contributed by atoms with van der Waals surface area (Å²) in [5.74, 6) is -0.559.